The molecule has 0 aliphatic rings. The van der Waals surface area contributed by atoms with E-state index in [0.717, 1.165) is 21.7 Å². The maximum absolute atomic E-state index is 12.3. The smallest absolute Gasteiger partial charge is 0.340 e. The largest absolute Gasteiger partial charge is 0.449 e. The summed E-state index contributed by atoms with van der Waals surface area (Å²) in [6.07, 6.45) is 1.01. The summed E-state index contributed by atoms with van der Waals surface area (Å²) in [6, 6.07) is 12.9. The highest BCUT2D eigenvalue weighted by atomic mass is 32.2. The van der Waals surface area contributed by atoms with Gasteiger partial charge in [0.25, 0.3) is 5.91 Å². The number of thioether (sulfide) groups is 1. The number of benzene rings is 2. The van der Waals surface area contributed by atoms with Gasteiger partial charge < -0.3 is 10.1 Å². The van der Waals surface area contributed by atoms with Gasteiger partial charge in [-0.3, -0.25) is 4.79 Å². The number of hydrogen-bond acceptors (Lipinski definition) is 4. The first kappa shape index (κ1) is 18.1. The highest BCUT2D eigenvalue weighted by molar-refractivity contribution is 7.98. The van der Waals surface area contributed by atoms with Crippen molar-refractivity contribution >= 4 is 29.3 Å². The third kappa shape index (κ3) is 4.38. The molecule has 0 aliphatic heterocycles. The minimum Gasteiger partial charge on any atom is -0.449 e. The Kier molecular flexibility index (Phi) is 6.04. The number of anilines is 1. The maximum Gasteiger partial charge on any atom is 0.340 e. The lowest BCUT2D eigenvalue weighted by atomic mass is 10.1. The van der Waals surface area contributed by atoms with Gasteiger partial charge in [-0.15, -0.1) is 11.8 Å². The van der Waals surface area contributed by atoms with E-state index in [4.69, 9.17) is 4.74 Å². The molecule has 0 unspecified atom stereocenters. The molecule has 2 aromatic rings. The fourth-order valence-corrected chi connectivity index (χ4v) is 2.86. The lowest BCUT2D eigenvalue weighted by Gasteiger charge is -2.15. The van der Waals surface area contributed by atoms with Gasteiger partial charge in [-0.05, 0) is 50.8 Å². The first-order valence-corrected chi connectivity index (χ1v) is 8.87. The van der Waals surface area contributed by atoms with Gasteiger partial charge in [0.15, 0.2) is 6.10 Å². The van der Waals surface area contributed by atoms with E-state index in [0.29, 0.717) is 5.56 Å². The van der Waals surface area contributed by atoms with E-state index in [-0.39, 0.29) is 5.91 Å². The Labute approximate surface area is 146 Å². The van der Waals surface area contributed by atoms with E-state index < -0.39 is 12.1 Å². The van der Waals surface area contributed by atoms with E-state index in [2.05, 4.69) is 5.32 Å². The molecule has 0 saturated heterocycles. The van der Waals surface area contributed by atoms with Crippen molar-refractivity contribution in [3.05, 3.63) is 59.2 Å². The van der Waals surface area contributed by atoms with Crippen LogP contribution >= 0.6 is 11.8 Å². The van der Waals surface area contributed by atoms with Crippen LogP contribution in [0.3, 0.4) is 0 Å². The lowest BCUT2D eigenvalue weighted by Crippen LogP contribution is -2.30. The van der Waals surface area contributed by atoms with E-state index in [1.54, 1.807) is 19.1 Å². The zero-order valence-corrected chi connectivity index (χ0v) is 15.1. The molecule has 1 N–H and O–H groups in total. The average molecular weight is 343 g/mol. The summed E-state index contributed by atoms with van der Waals surface area (Å²) in [5, 5.41) is 2.80. The van der Waals surface area contributed by atoms with Crippen molar-refractivity contribution in [2.24, 2.45) is 0 Å². The molecule has 2 aromatic carbocycles. The van der Waals surface area contributed by atoms with Crippen LogP contribution in [0, 0.1) is 13.8 Å². The summed E-state index contributed by atoms with van der Waals surface area (Å²) in [4.78, 5) is 25.4. The summed E-state index contributed by atoms with van der Waals surface area (Å²) in [6.45, 7) is 5.48. The second kappa shape index (κ2) is 8.02. The highest BCUT2D eigenvalue weighted by Crippen LogP contribution is 2.21. The van der Waals surface area contributed by atoms with Crippen LogP contribution in [0.25, 0.3) is 0 Å². The standard InChI is InChI=1S/C19H21NO3S/c1-12-9-10-16(13(2)11-12)20-18(21)14(3)23-19(22)15-7-5-6-8-17(15)24-4/h5-11,14H,1-4H3,(H,20,21)/t14-/m0/s1. The summed E-state index contributed by atoms with van der Waals surface area (Å²) >= 11 is 1.46. The summed E-state index contributed by atoms with van der Waals surface area (Å²) in [5.41, 5.74) is 3.28. The van der Waals surface area contributed by atoms with Crippen LogP contribution in [0.4, 0.5) is 5.69 Å². The number of esters is 1. The third-order valence-electron chi connectivity index (χ3n) is 3.62. The molecule has 0 heterocycles. The molecule has 0 aliphatic carbocycles. The van der Waals surface area contributed by atoms with E-state index in [1.165, 1.54) is 11.8 Å². The van der Waals surface area contributed by atoms with E-state index >= 15 is 0 Å². The molecule has 0 spiro atoms. The van der Waals surface area contributed by atoms with Gasteiger partial charge in [-0.2, -0.15) is 0 Å². The lowest BCUT2D eigenvalue weighted by molar-refractivity contribution is -0.123. The Morgan fingerprint density at radius 1 is 1.12 bits per heavy atom. The zero-order valence-electron chi connectivity index (χ0n) is 14.3. The predicted molar refractivity (Wildman–Crippen MR) is 97.6 cm³/mol. The topological polar surface area (TPSA) is 55.4 Å². The number of carbonyl (C=O) groups is 2. The monoisotopic (exact) mass is 343 g/mol. The Bertz CT molecular complexity index is 758. The molecule has 4 nitrogen and oxygen atoms in total. The first-order valence-electron chi connectivity index (χ1n) is 7.64. The van der Waals surface area contributed by atoms with Gasteiger partial charge in [0.05, 0.1) is 5.56 Å². The zero-order chi connectivity index (χ0) is 17.7. The maximum atomic E-state index is 12.3. The molecule has 126 valence electrons. The second-order valence-corrected chi connectivity index (χ2v) is 6.40. The Morgan fingerprint density at radius 3 is 2.50 bits per heavy atom. The first-order chi connectivity index (χ1) is 11.4. The predicted octanol–water partition coefficient (Wildman–Crippen LogP) is 4.21. The molecular weight excluding hydrogens is 322 g/mol. The van der Waals surface area contributed by atoms with Crippen LogP contribution in [-0.2, 0) is 9.53 Å². The minimum absolute atomic E-state index is 0.350. The summed E-state index contributed by atoms with van der Waals surface area (Å²) in [7, 11) is 0. The van der Waals surface area contributed by atoms with E-state index in [9.17, 15) is 9.59 Å². The van der Waals surface area contributed by atoms with Crippen molar-refractivity contribution in [3.8, 4) is 0 Å². The molecule has 0 saturated carbocycles. The number of rotatable bonds is 5. The molecule has 1 amide bonds. The quantitative estimate of drug-likeness (QED) is 0.653. The van der Waals surface area contributed by atoms with Crippen molar-refractivity contribution in [1.82, 2.24) is 0 Å². The number of ether oxygens (including phenoxy) is 1. The van der Waals surface area contributed by atoms with Crippen molar-refractivity contribution in [3.63, 3.8) is 0 Å². The fourth-order valence-electron chi connectivity index (χ4n) is 2.28. The van der Waals surface area contributed by atoms with Gasteiger partial charge in [-0.1, -0.05) is 29.8 Å². The fraction of sp³-hybridized carbons (Fsp3) is 0.263. The normalized spacial score (nSPS) is 11.7. The number of carbonyl (C=O) groups excluding carboxylic acids is 2. The molecule has 24 heavy (non-hydrogen) atoms. The molecule has 0 radical (unpaired) electrons. The minimum atomic E-state index is -0.881. The SMILES string of the molecule is CSc1ccccc1C(=O)O[C@@H](C)C(=O)Nc1ccc(C)cc1C. The van der Waals surface area contributed by atoms with Crippen molar-refractivity contribution < 1.29 is 14.3 Å². The number of hydrogen-bond donors (Lipinski definition) is 1. The number of amides is 1. The van der Waals surface area contributed by atoms with Crippen molar-refractivity contribution in [1.29, 1.82) is 0 Å². The van der Waals surface area contributed by atoms with E-state index in [1.807, 2.05) is 50.4 Å². The van der Waals surface area contributed by atoms with Crippen molar-refractivity contribution in [2.75, 3.05) is 11.6 Å². The van der Waals surface area contributed by atoms with Crippen LogP contribution in [0.5, 0.6) is 0 Å². The molecular formula is C19H21NO3S. The van der Waals surface area contributed by atoms with Crippen molar-refractivity contribution in [2.45, 2.75) is 31.8 Å². The van der Waals surface area contributed by atoms with Crippen LogP contribution in [-0.4, -0.2) is 24.2 Å². The Hall–Kier alpha value is -2.27. The Morgan fingerprint density at radius 2 is 1.83 bits per heavy atom. The molecule has 1 atom stereocenters. The molecule has 5 heteroatoms. The van der Waals surface area contributed by atoms with Gasteiger partial charge in [0.2, 0.25) is 0 Å². The second-order valence-electron chi connectivity index (χ2n) is 5.56. The van der Waals surface area contributed by atoms with Crippen LogP contribution in [0.15, 0.2) is 47.4 Å². The highest BCUT2D eigenvalue weighted by Gasteiger charge is 2.21. The molecule has 0 aromatic heterocycles. The summed E-state index contributed by atoms with van der Waals surface area (Å²) in [5.74, 6) is -0.847. The van der Waals surface area contributed by atoms with Gasteiger partial charge >= 0.3 is 5.97 Å². The van der Waals surface area contributed by atoms with Crippen LogP contribution < -0.4 is 5.32 Å². The number of nitrogens with one attached hydrogen (secondary N) is 1. The molecule has 0 fully saturated rings. The third-order valence-corrected chi connectivity index (χ3v) is 4.42. The Balaban J connectivity index is 2.04. The summed E-state index contributed by atoms with van der Waals surface area (Å²) < 4.78 is 5.31. The molecule has 0 bridgehead atoms. The number of aryl methyl sites for hydroxylation is 2. The van der Waals surface area contributed by atoms with Crippen LogP contribution in [0.1, 0.15) is 28.4 Å². The average Bonchev–Trinajstić information content (AvgIpc) is 2.57. The van der Waals surface area contributed by atoms with Gasteiger partial charge in [-0.25, -0.2) is 4.79 Å². The van der Waals surface area contributed by atoms with Crippen LogP contribution in [0.2, 0.25) is 0 Å². The van der Waals surface area contributed by atoms with Gasteiger partial charge in [0.1, 0.15) is 0 Å². The molecule has 2 rings (SSSR count). The van der Waals surface area contributed by atoms with Gasteiger partial charge in [0, 0.05) is 10.6 Å².